The number of nitrogens with zero attached hydrogens (tertiary/aromatic N) is 2. The minimum absolute atomic E-state index is 0.908. The van der Waals surface area contributed by atoms with Gasteiger partial charge in [-0.2, -0.15) is 5.10 Å². The van der Waals surface area contributed by atoms with E-state index in [2.05, 4.69) is 17.3 Å². The third-order valence-electron chi connectivity index (χ3n) is 2.20. The van der Waals surface area contributed by atoms with Crippen molar-refractivity contribution in [2.45, 2.75) is 20.4 Å². The second-order valence-corrected chi connectivity index (χ2v) is 3.41. The third-order valence-corrected chi connectivity index (χ3v) is 2.20. The van der Waals surface area contributed by atoms with Gasteiger partial charge in [0.25, 0.3) is 0 Å². The van der Waals surface area contributed by atoms with Gasteiger partial charge in [0.05, 0.1) is 5.69 Å². The summed E-state index contributed by atoms with van der Waals surface area (Å²) in [6.07, 6.45) is 0. The second-order valence-electron chi connectivity index (χ2n) is 3.41. The number of carboxylic acid groups (broad SMARTS) is 2. The molecule has 1 aromatic rings. The molecule has 0 saturated heterocycles. The molecule has 0 bridgehead atoms. The smallest absolute Gasteiger partial charge is 0.414 e. The van der Waals surface area contributed by atoms with Crippen molar-refractivity contribution in [2.24, 2.45) is 7.05 Å². The van der Waals surface area contributed by atoms with Gasteiger partial charge in [-0.05, 0) is 20.9 Å². The molecule has 0 radical (unpaired) electrons. The average molecular weight is 243 g/mol. The Morgan fingerprint density at radius 1 is 1.29 bits per heavy atom. The first-order chi connectivity index (χ1) is 7.81. The second kappa shape index (κ2) is 6.64. The first-order valence-corrected chi connectivity index (χ1v) is 4.91. The van der Waals surface area contributed by atoms with Crippen molar-refractivity contribution in [3.8, 4) is 0 Å². The molecule has 7 heteroatoms. The van der Waals surface area contributed by atoms with Crippen molar-refractivity contribution in [1.82, 2.24) is 15.1 Å². The van der Waals surface area contributed by atoms with E-state index >= 15 is 0 Å². The molecule has 0 atom stereocenters. The van der Waals surface area contributed by atoms with E-state index in [0.717, 1.165) is 12.2 Å². The summed E-state index contributed by atoms with van der Waals surface area (Å²) in [6.45, 7) is 5.04. The molecule has 0 aliphatic rings. The van der Waals surface area contributed by atoms with Gasteiger partial charge in [0.1, 0.15) is 0 Å². The van der Waals surface area contributed by atoms with Crippen molar-refractivity contribution < 1.29 is 19.8 Å². The monoisotopic (exact) mass is 243 g/mol. The predicted molar refractivity (Wildman–Crippen MR) is 60.7 cm³/mol. The zero-order valence-electron chi connectivity index (χ0n) is 10.3. The Kier molecular flexibility index (Phi) is 5.90. The maximum absolute atomic E-state index is 9.10. The van der Waals surface area contributed by atoms with Gasteiger partial charge in [-0.1, -0.05) is 0 Å². The summed E-state index contributed by atoms with van der Waals surface area (Å²) in [5, 5.41) is 22.2. The summed E-state index contributed by atoms with van der Waals surface area (Å²) >= 11 is 0. The van der Waals surface area contributed by atoms with Crippen molar-refractivity contribution in [3.63, 3.8) is 0 Å². The fraction of sp³-hybridized carbons (Fsp3) is 0.500. The lowest BCUT2D eigenvalue weighted by Gasteiger charge is -1.98. The molecule has 0 aliphatic carbocycles. The van der Waals surface area contributed by atoms with E-state index in [1.807, 2.05) is 25.7 Å². The van der Waals surface area contributed by atoms with Crippen LogP contribution in [0.25, 0.3) is 0 Å². The molecule has 0 spiro atoms. The lowest BCUT2D eigenvalue weighted by atomic mass is 10.2. The maximum Gasteiger partial charge on any atom is 0.414 e. The molecule has 3 N–H and O–H groups in total. The van der Waals surface area contributed by atoms with Gasteiger partial charge in [-0.15, -0.1) is 0 Å². The molecule has 0 aromatic carbocycles. The van der Waals surface area contributed by atoms with Crippen LogP contribution in [0.3, 0.4) is 0 Å². The van der Waals surface area contributed by atoms with Crippen LogP contribution in [0.5, 0.6) is 0 Å². The number of hydrogen-bond donors (Lipinski definition) is 3. The van der Waals surface area contributed by atoms with Gasteiger partial charge < -0.3 is 15.5 Å². The van der Waals surface area contributed by atoms with Gasteiger partial charge in [0, 0.05) is 24.8 Å². The van der Waals surface area contributed by atoms with Crippen LogP contribution in [-0.2, 0) is 23.2 Å². The number of aryl methyl sites for hydroxylation is 2. The number of aliphatic carboxylic acids is 2. The Balaban J connectivity index is 0.000000366. The summed E-state index contributed by atoms with van der Waals surface area (Å²) in [6, 6.07) is 0. The van der Waals surface area contributed by atoms with Crippen LogP contribution in [0.1, 0.15) is 17.0 Å². The molecule has 1 heterocycles. The van der Waals surface area contributed by atoms with Crippen LogP contribution in [0.2, 0.25) is 0 Å². The Hall–Kier alpha value is -1.89. The van der Waals surface area contributed by atoms with Crippen LogP contribution in [0, 0.1) is 13.8 Å². The standard InChI is InChI=1S/C8H15N3.C2H2O4/c1-6-8(5-9-3)7(2)11(4)10-6;3-1(4)2(5)6/h9H,5H2,1-4H3;(H,3,4)(H,5,6). The Bertz CT molecular complexity index is 400. The summed E-state index contributed by atoms with van der Waals surface area (Å²) < 4.78 is 1.92. The van der Waals surface area contributed by atoms with Crippen LogP contribution in [0.4, 0.5) is 0 Å². The van der Waals surface area contributed by atoms with E-state index in [1.54, 1.807) is 0 Å². The fourth-order valence-electron chi connectivity index (χ4n) is 1.25. The number of rotatable bonds is 2. The molecule has 0 saturated carbocycles. The van der Waals surface area contributed by atoms with Crippen LogP contribution in [-0.4, -0.2) is 39.0 Å². The zero-order valence-corrected chi connectivity index (χ0v) is 10.3. The van der Waals surface area contributed by atoms with E-state index < -0.39 is 11.9 Å². The third kappa shape index (κ3) is 4.64. The molecule has 0 unspecified atom stereocenters. The SMILES string of the molecule is CNCc1c(C)nn(C)c1C.O=C(O)C(=O)O. The van der Waals surface area contributed by atoms with Crippen molar-refractivity contribution in [1.29, 1.82) is 0 Å². The van der Waals surface area contributed by atoms with Gasteiger partial charge in [0.15, 0.2) is 0 Å². The summed E-state index contributed by atoms with van der Waals surface area (Å²) in [5.41, 5.74) is 3.69. The van der Waals surface area contributed by atoms with E-state index in [0.29, 0.717) is 0 Å². The molecule has 96 valence electrons. The number of carboxylic acids is 2. The largest absolute Gasteiger partial charge is 0.473 e. The van der Waals surface area contributed by atoms with Crippen molar-refractivity contribution in [3.05, 3.63) is 17.0 Å². The topological polar surface area (TPSA) is 104 Å². The number of nitrogens with one attached hydrogen (secondary N) is 1. The van der Waals surface area contributed by atoms with Crippen LogP contribution >= 0.6 is 0 Å². The van der Waals surface area contributed by atoms with E-state index in [9.17, 15) is 0 Å². The molecule has 0 fully saturated rings. The predicted octanol–water partition coefficient (Wildman–Crippen LogP) is -0.0881. The lowest BCUT2D eigenvalue weighted by Crippen LogP contribution is -2.09. The summed E-state index contributed by atoms with van der Waals surface area (Å²) in [4.78, 5) is 18.2. The average Bonchev–Trinajstić information content (AvgIpc) is 2.46. The van der Waals surface area contributed by atoms with E-state index in [-0.39, 0.29) is 0 Å². The van der Waals surface area contributed by atoms with Crippen molar-refractivity contribution >= 4 is 11.9 Å². The molecule has 7 nitrogen and oxygen atoms in total. The Labute approximate surface area is 99.1 Å². The maximum atomic E-state index is 9.10. The highest BCUT2D eigenvalue weighted by atomic mass is 16.4. The molecular weight excluding hydrogens is 226 g/mol. The molecule has 1 aromatic heterocycles. The number of aromatic nitrogens is 2. The molecule has 0 amide bonds. The summed E-state index contributed by atoms with van der Waals surface area (Å²) in [5.74, 6) is -3.65. The van der Waals surface area contributed by atoms with Gasteiger partial charge in [-0.25, -0.2) is 9.59 Å². The highest BCUT2D eigenvalue weighted by Gasteiger charge is 2.06. The zero-order chi connectivity index (χ0) is 13.6. The lowest BCUT2D eigenvalue weighted by molar-refractivity contribution is -0.159. The minimum atomic E-state index is -1.82. The fourth-order valence-corrected chi connectivity index (χ4v) is 1.25. The molecular formula is C10H17N3O4. The highest BCUT2D eigenvalue weighted by molar-refractivity contribution is 6.27. The van der Waals surface area contributed by atoms with E-state index in [1.165, 1.54) is 11.3 Å². The highest BCUT2D eigenvalue weighted by Crippen LogP contribution is 2.10. The first-order valence-electron chi connectivity index (χ1n) is 4.91. The molecule has 0 aliphatic heterocycles. The Morgan fingerprint density at radius 2 is 1.76 bits per heavy atom. The van der Waals surface area contributed by atoms with Gasteiger partial charge in [0.2, 0.25) is 0 Å². The number of carbonyl (C=O) groups is 2. The van der Waals surface area contributed by atoms with Crippen LogP contribution in [0.15, 0.2) is 0 Å². The van der Waals surface area contributed by atoms with Crippen molar-refractivity contribution in [2.75, 3.05) is 7.05 Å². The van der Waals surface area contributed by atoms with Crippen LogP contribution < -0.4 is 5.32 Å². The minimum Gasteiger partial charge on any atom is -0.473 e. The van der Waals surface area contributed by atoms with Gasteiger partial charge >= 0.3 is 11.9 Å². The normalized spacial score (nSPS) is 9.41. The Morgan fingerprint density at radius 3 is 2.00 bits per heavy atom. The quantitative estimate of drug-likeness (QED) is 0.627. The number of hydrogen-bond acceptors (Lipinski definition) is 4. The first kappa shape index (κ1) is 15.1. The molecule has 1 rings (SSSR count). The van der Waals surface area contributed by atoms with Gasteiger partial charge in [-0.3, -0.25) is 4.68 Å². The van der Waals surface area contributed by atoms with E-state index in [4.69, 9.17) is 19.8 Å². The molecule has 17 heavy (non-hydrogen) atoms. The summed E-state index contributed by atoms with van der Waals surface area (Å²) in [7, 11) is 3.92.